The van der Waals surface area contributed by atoms with Gasteiger partial charge in [-0.1, -0.05) is 13.0 Å². The average Bonchev–Trinajstić information content (AvgIpc) is 2.92. The molecule has 2 heterocycles. The monoisotopic (exact) mass is 250 g/mol. The fourth-order valence-corrected chi connectivity index (χ4v) is 2.65. The minimum absolute atomic E-state index is 0.391. The summed E-state index contributed by atoms with van der Waals surface area (Å²) in [5.74, 6) is 1.68. The molecule has 1 N–H and O–H groups in total. The van der Waals surface area contributed by atoms with Gasteiger partial charge in [-0.25, -0.2) is 4.98 Å². The Morgan fingerprint density at radius 2 is 2.29 bits per heavy atom. The normalized spacial score (nSPS) is 12.9. The summed E-state index contributed by atoms with van der Waals surface area (Å²) >= 11 is 1.79. The Kier molecular flexibility index (Phi) is 3.97. The molecule has 0 bridgehead atoms. The third kappa shape index (κ3) is 2.96. The second kappa shape index (κ2) is 5.47. The van der Waals surface area contributed by atoms with Gasteiger partial charge in [0, 0.05) is 10.9 Å². The van der Waals surface area contributed by atoms with E-state index in [1.165, 1.54) is 4.88 Å². The number of aryl methyl sites for hydroxylation is 2. The summed E-state index contributed by atoms with van der Waals surface area (Å²) < 4.78 is 5.56. The predicted octanol–water partition coefficient (Wildman–Crippen LogP) is 3.59. The molecule has 0 aliphatic rings. The summed E-state index contributed by atoms with van der Waals surface area (Å²) in [6, 6.07) is 4.64. The molecule has 1 atom stereocenters. The molecule has 0 radical (unpaired) electrons. The molecule has 2 rings (SSSR count). The SMILES string of the molecule is CCC(NCc1nc(C)c(C)o1)c1cccs1. The quantitative estimate of drug-likeness (QED) is 0.881. The topological polar surface area (TPSA) is 38.1 Å². The van der Waals surface area contributed by atoms with Crippen LogP contribution in [0.25, 0.3) is 0 Å². The van der Waals surface area contributed by atoms with Gasteiger partial charge in [-0.05, 0) is 31.7 Å². The van der Waals surface area contributed by atoms with Gasteiger partial charge in [0.05, 0.1) is 12.2 Å². The molecule has 0 saturated heterocycles. The average molecular weight is 250 g/mol. The first kappa shape index (κ1) is 12.3. The van der Waals surface area contributed by atoms with E-state index in [0.29, 0.717) is 12.6 Å². The van der Waals surface area contributed by atoms with E-state index in [-0.39, 0.29) is 0 Å². The lowest BCUT2D eigenvalue weighted by Gasteiger charge is -2.13. The van der Waals surface area contributed by atoms with Crippen LogP contribution < -0.4 is 5.32 Å². The Hall–Kier alpha value is -1.13. The van der Waals surface area contributed by atoms with Crippen LogP contribution in [0, 0.1) is 13.8 Å². The van der Waals surface area contributed by atoms with Crippen molar-refractivity contribution < 1.29 is 4.42 Å². The Balaban J connectivity index is 1.97. The second-order valence-electron chi connectivity index (χ2n) is 4.11. The number of aromatic nitrogens is 1. The van der Waals surface area contributed by atoms with E-state index in [4.69, 9.17) is 4.42 Å². The zero-order chi connectivity index (χ0) is 12.3. The van der Waals surface area contributed by atoms with Crippen LogP contribution >= 0.6 is 11.3 Å². The lowest BCUT2D eigenvalue weighted by Crippen LogP contribution is -2.19. The minimum Gasteiger partial charge on any atom is -0.444 e. The first-order valence-electron chi connectivity index (χ1n) is 5.90. The van der Waals surface area contributed by atoms with Gasteiger partial charge in [0.2, 0.25) is 5.89 Å². The second-order valence-corrected chi connectivity index (χ2v) is 5.09. The van der Waals surface area contributed by atoms with Crippen LogP contribution in [0.1, 0.15) is 41.6 Å². The van der Waals surface area contributed by atoms with Crippen molar-refractivity contribution >= 4 is 11.3 Å². The van der Waals surface area contributed by atoms with Crippen LogP contribution in [0.5, 0.6) is 0 Å². The highest BCUT2D eigenvalue weighted by Gasteiger charge is 2.11. The standard InChI is InChI=1S/C13H18N2OS/c1-4-11(12-6-5-7-17-12)14-8-13-15-9(2)10(3)16-13/h5-7,11,14H,4,8H2,1-3H3. The summed E-state index contributed by atoms with van der Waals surface area (Å²) in [4.78, 5) is 5.74. The van der Waals surface area contributed by atoms with E-state index in [2.05, 4.69) is 34.7 Å². The molecular weight excluding hydrogens is 232 g/mol. The first-order chi connectivity index (χ1) is 8.20. The van der Waals surface area contributed by atoms with Crippen LogP contribution in [0.3, 0.4) is 0 Å². The Labute approximate surface area is 106 Å². The maximum absolute atomic E-state index is 5.56. The van der Waals surface area contributed by atoms with Crippen LogP contribution in [0.15, 0.2) is 21.9 Å². The number of rotatable bonds is 5. The van der Waals surface area contributed by atoms with Gasteiger partial charge in [-0.2, -0.15) is 0 Å². The van der Waals surface area contributed by atoms with Crippen molar-refractivity contribution in [3.8, 4) is 0 Å². The maximum atomic E-state index is 5.56. The van der Waals surface area contributed by atoms with Crippen molar-refractivity contribution in [1.82, 2.24) is 10.3 Å². The summed E-state index contributed by atoms with van der Waals surface area (Å²) in [6.45, 7) is 6.79. The molecule has 0 amide bonds. The summed E-state index contributed by atoms with van der Waals surface area (Å²) in [7, 11) is 0. The highest BCUT2D eigenvalue weighted by atomic mass is 32.1. The van der Waals surface area contributed by atoms with Crippen LogP contribution in [0.4, 0.5) is 0 Å². The largest absolute Gasteiger partial charge is 0.444 e. The Morgan fingerprint density at radius 1 is 1.47 bits per heavy atom. The molecule has 0 aliphatic heterocycles. The molecule has 0 saturated carbocycles. The number of nitrogens with zero attached hydrogens (tertiary/aromatic N) is 1. The summed E-state index contributed by atoms with van der Waals surface area (Å²) in [5, 5.41) is 5.59. The van der Waals surface area contributed by atoms with E-state index >= 15 is 0 Å². The summed E-state index contributed by atoms with van der Waals surface area (Å²) in [5.41, 5.74) is 0.978. The molecular formula is C13H18N2OS. The lowest BCUT2D eigenvalue weighted by atomic mass is 10.2. The molecule has 2 aromatic rings. The highest BCUT2D eigenvalue weighted by Crippen LogP contribution is 2.22. The van der Waals surface area contributed by atoms with Crippen molar-refractivity contribution in [3.63, 3.8) is 0 Å². The summed E-state index contributed by atoms with van der Waals surface area (Å²) in [6.07, 6.45) is 1.07. The lowest BCUT2D eigenvalue weighted by molar-refractivity contribution is 0.422. The van der Waals surface area contributed by atoms with E-state index in [0.717, 1.165) is 23.8 Å². The molecule has 3 nitrogen and oxygen atoms in total. The molecule has 2 aromatic heterocycles. The molecule has 0 fully saturated rings. The van der Waals surface area contributed by atoms with E-state index in [9.17, 15) is 0 Å². The molecule has 0 aliphatic carbocycles. The van der Waals surface area contributed by atoms with Gasteiger partial charge in [0.15, 0.2) is 0 Å². The van der Waals surface area contributed by atoms with Gasteiger partial charge < -0.3 is 9.73 Å². The number of hydrogen-bond donors (Lipinski definition) is 1. The van der Waals surface area contributed by atoms with Gasteiger partial charge in [-0.3, -0.25) is 0 Å². The number of nitrogens with one attached hydrogen (secondary N) is 1. The van der Waals surface area contributed by atoms with Gasteiger partial charge >= 0.3 is 0 Å². The number of thiophene rings is 1. The molecule has 92 valence electrons. The van der Waals surface area contributed by atoms with Crippen molar-refractivity contribution in [2.24, 2.45) is 0 Å². The van der Waals surface area contributed by atoms with Crippen molar-refractivity contribution in [2.75, 3.05) is 0 Å². The van der Waals surface area contributed by atoms with E-state index < -0.39 is 0 Å². The maximum Gasteiger partial charge on any atom is 0.208 e. The molecule has 0 spiro atoms. The Morgan fingerprint density at radius 3 is 2.82 bits per heavy atom. The van der Waals surface area contributed by atoms with Crippen molar-refractivity contribution in [2.45, 2.75) is 39.8 Å². The fourth-order valence-electron chi connectivity index (χ4n) is 1.76. The highest BCUT2D eigenvalue weighted by molar-refractivity contribution is 7.10. The van der Waals surface area contributed by atoms with Gasteiger partial charge in [0.1, 0.15) is 5.76 Å². The Bertz CT molecular complexity index is 442. The zero-order valence-corrected chi connectivity index (χ0v) is 11.3. The van der Waals surface area contributed by atoms with Crippen LogP contribution in [-0.2, 0) is 6.54 Å². The van der Waals surface area contributed by atoms with Gasteiger partial charge in [0.25, 0.3) is 0 Å². The first-order valence-corrected chi connectivity index (χ1v) is 6.78. The van der Waals surface area contributed by atoms with E-state index in [1.807, 2.05) is 13.8 Å². The minimum atomic E-state index is 0.391. The smallest absolute Gasteiger partial charge is 0.208 e. The zero-order valence-electron chi connectivity index (χ0n) is 10.5. The fraction of sp³-hybridized carbons (Fsp3) is 0.462. The predicted molar refractivity (Wildman–Crippen MR) is 70.2 cm³/mol. The molecule has 0 aromatic carbocycles. The van der Waals surface area contributed by atoms with Crippen LogP contribution in [-0.4, -0.2) is 4.98 Å². The molecule has 17 heavy (non-hydrogen) atoms. The van der Waals surface area contributed by atoms with E-state index in [1.54, 1.807) is 11.3 Å². The van der Waals surface area contributed by atoms with Crippen molar-refractivity contribution in [1.29, 1.82) is 0 Å². The molecule has 1 unspecified atom stereocenters. The number of oxazole rings is 1. The molecule has 4 heteroatoms. The van der Waals surface area contributed by atoms with Crippen LogP contribution in [0.2, 0.25) is 0 Å². The third-order valence-corrected chi connectivity index (χ3v) is 3.85. The number of hydrogen-bond acceptors (Lipinski definition) is 4. The third-order valence-electron chi connectivity index (χ3n) is 2.87. The van der Waals surface area contributed by atoms with Crippen molar-refractivity contribution in [3.05, 3.63) is 39.7 Å². The van der Waals surface area contributed by atoms with Gasteiger partial charge in [-0.15, -0.1) is 11.3 Å².